The number of thiophene rings is 1. The number of rotatable bonds is 3. The molecule has 0 bridgehead atoms. The number of hydrogen-bond donors (Lipinski definition) is 1. The fourth-order valence-corrected chi connectivity index (χ4v) is 2.96. The number of hydrogen-bond acceptors (Lipinski definition) is 2. The Morgan fingerprint density at radius 3 is 2.38 bits per heavy atom. The summed E-state index contributed by atoms with van der Waals surface area (Å²) >= 11 is 1.87. The van der Waals surface area contributed by atoms with Gasteiger partial charge in [0, 0.05) is 21.5 Å². The van der Waals surface area contributed by atoms with Crippen molar-refractivity contribution in [3.05, 3.63) is 51.7 Å². The molecule has 16 heavy (non-hydrogen) atoms. The van der Waals surface area contributed by atoms with Crippen LogP contribution in [0, 0.1) is 13.8 Å². The third-order valence-electron chi connectivity index (χ3n) is 2.70. The van der Waals surface area contributed by atoms with E-state index in [0.29, 0.717) is 6.04 Å². The molecule has 84 valence electrons. The molecule has 1 unspecified atom stereocenters. The van der Waals surface area contributed by atoms with E-state index >= 15 is 0 Å². The molecule has 0 radical (unpaired) electrons. The maximum atomic E-state index is 3.52. The van der Waals surface area contributed by atoms with Gasteiger partial charge in [0.05, 0.1) is 0 Å². The molecule has 2 heteroatoms. The summed E-state index contributed by atoms with van der Waals surface area (Å²) in [5.74, 6) is 0. The highest BCUT2D eigenvalue weighted by molar-refractivity contribution is 7.12. The van der Waals surface area contributed by atoms with Gasteiger partial charge < -0.3 is 5.32 Å². The van der Waals surface area contributed by atoms with E-state index < -0.39 is 0 Å². The fraction of sp³-hybridized carbons (Fsp3) is 0.286. The number of nitrogens with one attached hydrogen (secondary N) is 1. The Morgan fingerprint density at radius 2 is 1.81 bits per heavy atom. The molecule has 2 aromatic rings. The van der Waals surface area contributed by atoms with Crippen molar-refractivity contribution >= 4 is 17.0 Å². The van der Waals surface area contributed by atoms with Crippen LogP contribution in [0.3, 0.4) is 0 Å². The second kappa shape index (κ2) is 4.71. The molecule has 0 aliphatic rings. The van der Waals surface area contributed by atoms with Crippen LogP contribution in [0.15, 0.2) is 36.4 Å². The van der Waals surface area contributed by atoms with Gasteiger partial charge in [-0.25, -0.2) is 0 Å². The third-order valence-corrected chi connectivity index (χ3v) is 3.68. The van der Waals surface area contributed by atoms with Crippen LogP contribution in [-0.4, -0.2) is 0 Å². The standard InChI is InChI=1S/C14H17NS/c1-10-9-14(12(3)16-10)11(2)15-13-7-5-4-6-8-13/h4-9,11,15H,1-3H3. The van der Waals surface area contributed by atoms with E-state index in [4.69, 9.17) is 0 Å². The number of benzene rings is 1. The Bertz CT molecular complexity index is 459. The quantitative estimate of drug-likeness (QED) is 0.818. The van der Waals surface area contributed by atoms with Gasteiger partial charge in [0.25, 0.3) is 0 Å². The van der Waals surface area contributed by atoms with E-state index in [1.54, 1.807) is 0 Å². The zero-order valence-electron chi connectivity index (χ0n) is 9.95. The predicted molar refractivity (Wildman–Crippen MR) is 72.3 cm³/mol. The molecular weight excluding hydrogens is 214 g/mol. The minimum Gasteiger partial charge on any atom is -0.378 e. The summed E-state index contributed by atoms with van der Waals surface area (Å²) in [6, 6.07) is 13.0. The van der Waals surface area contributed by atoms with Crippen LogP contribution >= 0.6 is 11.3 Å². The van der Waals surface area contributed by atoms with Crippen molar-refractivity contribution < 1.29 is 0 Å². The van der Waals surface area contributed by atoms with Gasteiger partial charge in [-0.15, -0.1) is 11.3 Å². The zero-order chi connectivity index (χ0) is 11.5. The monoisotopic (exact) mass is 231 g/mol. The Morgan fingerprint density at radius 1 is 1.12 bits per heavy atom. The van der Waals surface area contributed by atoms with Crippen molar-refractivity contribution in [2.75, 3.05) is 5.32 Å². The van der Waals surface area contributed by atoms with Gasteiger partial charge >= 0.3 is 0 Å². The van der Waals surface area contributed by atoms with Crippen LogP contribution in [0.4, 0.5) is 5.69 Å². The van der Waals surface area contributed by atoms with Gasteiger partial charge in [0.2, 0.25) is 0 Å². The predicted octanol–water partition coefficient (Wildman–Crippen LogP) is 4.54. The topological polar surface area (TPSA) is 12.0 Å². The first-order valence-corrected chi connectivity index (χ1v) is 6.37. The summed E-state index contributed by atoms with van der Waals surface area (Å²) in [6.07, 6.45) is 0. The molecule has 0 saturated carbocycles. The van der Waals surface area contributed by atoms with E-state index in [2.05, 4.69) is 56.4 Å². The number of anilines is 1. The molecule has 0 spiro atoms. The van der Waals surface area contributed by atoms with E-state index in [0.717, 1.165) is 0 Å². The molecule has 0 aliphatic heterocycles. The number of aryl methyl sites for hydroxylation is 2. The Hall–Kier alpha value is -1.28. The van der Waals surface area contributed by atoms with Crippen molar-refractivity contribution in [2.24, 2.45) is 0 Å². The van der Waals surface area contributed by atoms with E-state index in [1.165, 1.54) is 21.0 Å². The Labute approximate surface area is 101 Å². The minimum absolute atomic E-state index is 0.368. The summed E-state index contributed by atoms with van der Waals surface area (Å²) in [7, 11) is 0. The van der Waals surface area contributed by atoms with E-state index in [-0.39, 0.29) is 0 Å². The smallest absolute Gasteiger partial charge is 0.0496 e. The third kappa shape index (κ3) is 2.45. The minimum atomic E-state index is 0.368. The molecule has 1 heterocycles. The lowest BCUT2D eigenvalue weighted by Gasteiger charge is -2.15. The lowest BCUT2D eigenvalue weighted by Crippen LogP contribution is -2.06. The molecule has 1 nitrogen and oxygen atoms in total. The summed E-state index contributed by atoms with van der Waals surface area (Å²) in [5, 5.41) is 3.52. The molecule has 0 fully saturated rings. The molecule has 0 aliphatic carbocycles. The van der Waals surface area contributed by atoms with Crippen molar-refractivity contribution in [1.29, 1.82) is 0 Å². The van der Waals surface area contributed by atoms with Crippen molar-refractivity contribution in [2.45, 2.75) is 26.8 Å². The molecule has 0 saturated heterocycles. The van der Waals surface area contributed by atoms with Gasteiger partial charge in [-0.05, 0) is 44.5 Å². The fourth-order valence-electron chi connectivity index (χ4n) is 1.94. The molecule has 2 rings (SSSR count). The van der Waals surface area contributed by atoms with Gasteiger partial charge in [0.1, 0.15) is 0 Å². The molecular formula is C14H17NS. The molecule has 0 amide bonds. The first-order chi connectivity index (χ1) is 7.66. The normalized spacial score (nSPS) is 12.4. The summed E-state index contributed by atoms with van der Waals surface area (Å²) < 4.78 is 0. The average molecular weight is 231 g/mol. The van der Waals surface area contributed by atoms with Crippen LogP contribution in [-0.2, 0) is 0 Å². The summed E-state index contributed by atoms with van der Waals surface area (Å²) in [5.41, 5.74) is 2.59. The van der Waals surface area contributed by atoms with Crippen LogP contribution < -0.4 is 5.32 Å². The molecule has 1 aromatic heterocycles. The van der Waals surface area contributed by atoms with Crippen LogP contribution in [0.1, 0.15) is 28.3 Å². The first-order valence-electron chi connectivity index (χ1n) is 5.55. The summed E-state index contributed by atoms with van der Waals surface area (Å²) in [6.45, 7) is 6.56. The maximum absolute atomic E-state index is 3.52. The first kappa shape index (κ1) is 11.2. The highest BCUT2D eigenvalue weighted by Gasteiger charge is 2.10. The van der Waals surface area contributed by atoms with Crippen molar-refractivity contribution in [3.8, 4) is 0 Å². The Balaban J connectivity index is 2.14. The lowest BCUT2D eigenvalue weighted by atomic mass is 10.1. The van der Waals surface area contributed by atoms with Gasteiger partial charge in [-0.3, -0.25) is 0 Å². The van der Waals surface area contributed by atoms with E-state index in [1.807, 2.05) is 17.4 Å². The highest BCUT2D eigenvalue weighted by Crippen LogP contribution is 2.28. The molecule has 1 N–H and O–H groups in total. The maximum Gasteiger partial charge on any atom is 0.0496 e. The lowest BCUT2D eigenvalue weighted by molar-refractivity contribution is 0.882. The van der Waals surface area contributed by atoms with Gasteiger partial charge in [-0.2, -0.15) is 0 Å². The second-order valence-corrected chi connectivity index (χ2v) is 5.56. The van der Waals surface area contributed by atoms with Crippen LogP contribution in [0.25, 0.3) is 0 Å². The highest BCUT2D eigenvalue weighted by atomic mass is 32.1. The van der Waals surface area contributed by atoms with E-state index in [9.17, 15) is 0 Å². The van der Waals surface area contributed by atoms with Gasteiger partial charge in [0.15, 0.2) is 0 Å². The SMILES string of the molecule is Cc1cc(C(C)Nc2ccccc2)c(C)s1. The molecule has 1 atom stereocenters. The largest absolute Gasteiger partial charge is 0.378 e. The average Bonchev–Trinajstić information content (AvgIpc) is 2.59. The molecule has 1 aromatic carbocycles. The summed E-state index contributed by atoms with van der Waals surface area (Å²) in [4.78, 5) is 2.79. The van der Waals surface area contributed by atoms with Crippen LogP contribution in [0.2, 0.25) is 0 Å². The zero-order valence-corrected chi connectivity index (χ0v) is 10.8. The van der Waals surface area contributed by atoms with Crippen molar-refractivity contribution in [1.82, 2.24) is 0 Å². The Kier molecular flexibility index (Phi) is 3.30. The van der Waals surface area contributed by atoms with Crippen molar-refractivity contribution in [3.63, 3.8) is 0 Å². The van der Waals surface area contributed by atoms with Gasteiger partial charge in [-0.1, -0.05) is 18.2 Å². The van der Waals surface area contributed by atoms with Crippen LogP contribution in [0.5, 0.6) is 0 Å². The number of para-hydroxylation sites is 1. The second-order valence-electron chi connectivity index (χ2n) is 4.10.